The summed E-state index contributed by atoms with van der Waals surface area (Å²) in [6.07, 6.45) is 7.25. The van der Waals surface area contributed by atoms with Gasteiger partial charge in [0.05, 0.1) is 36.2 Å². The van der Waals surface area contributed by atoms with Gasteiger partial charge in [0, 0.05) is 5.56 Å². The highest BCUT2D eigenvalue weighted by Gasteiger charge is 2.20. The first-order chi connectivity index (χ1) is 16.9. The van der Waals surface area contributed by atoms with E-state index in [0.717, 1.165) is 40.2 Å². The Morgan fingerprint density at radius 1 is 1.06 bits per heavy atom. The average Bonchev–Trinajstić information content (AvgIpc) is 3.34. The monoisotopic (exact) mass is 473 g/mol. The SMILES string of the molecule is CC(C)Oc1ccc(CC(=O)Nc2ncc(-c3ccc(C(C)O)cc3)nc2CC2CCCC2)cc1. The highest BCUT2D eigenvalue weighted by atomic mass is 16.5. The van der Waals surface area contributed by atoms with E-state index < -0.39 is 6.10 Å². The van der Waals surface area contributed by atoms with Gasteiger partial charge in [0.1, 0.15) is 5.75 Å². The number of carbonyl (C=O) groups is 1. The molecule has 0 radical (unpaired) electrons. The molecular weight excluding hydrogens is 438 g/mol. The largest absolute Gasteiger partial charge is 0.491 e. The van der Waals surface area contributed by atoms with Crippen molar-refractivity contribution in [2.45, 2.75) is 71.5 Å². The summed E-state index contributed by atoms with van der Waals surface area (Å²) in [5.41, 5.74) is 4.33. The molecule has 1 unspecified atom stereocenters. The van der Waals surface area contributed by atoms with Crippen molar-refractivity contribution in [3.63, 3.8) is 0 Å². The molecule has 1 amide bonds. The molecule has 4 rings (SSSR count). The van der Waals surface area contributed by atoms with E-state index in [1.54, 1.807) is 13.1 Å². The minimum atomic E-state index is -0.510. The molecule has 2 N–H and O–H groups in total. The van der Waals surface area contributed by atoms with E-state index in [4.69, 9.17) is 9.72 Å². The Labute approximate surface area is 207 Å². The third-order valence-corrected chi connectivity index (χ3v) is 6.41. The second-order valence-corrected chi connectivity index (χ2v) is 9.74. The van der Waals surface area contributed by atoms with Crippen LogP contribution in [0.5, 0.6) is 5.75 Å². The molecule has 184 valence electrons. The fraction of sp³-hybridized carbons (Fsp3) is 0.414. The molecular formula is C29H35N3O3. The Bertz CT molecular complexity index is 1120. The van der Waals surface area contributed by atoms with Crippen LogP contribution in [0.4, 0.5) is 5.82 Å². The van der Waals surface area contributed by atoms with Crippen molar-refractivity contribution in [1.82, 2.24) is 9.97 Å². The Morgan fingerprint density at radius 3 is 2.37 bits per heavy atom. The molecule has 0 spiro atoms. The van der Waals surface area contributed by atoms with Gasteiger partial charge < -0.3 is 15.2 Å². The number of hydrogen-bond donors (Lipinski definition) is 2. The highest BCUT2D eigenvalue weighted by Crippen LogP contribution is 2.30. The zero-order chi connectivity index (χ0) is 24.8. The van der Waals surface area contributed by atoms with Crippen LogP contribution in [-0.4, -0.2) is 27.1 Å². The topological polar surface area (TPSA) is 84.3 Å². The standard InChI is InChI=1S/C29H35N3O3/c1-19(2)35-25-14-8-22(9-15-25)17-28(34)32-29-26(16-21-6-4-5-7-21)31-27(18-30-29)24-12-10-23(11-13-24)20(3)33/h8-15,18-21,33H,4-7,16-17H2,1-3H3,(H,30,32,34). The van der Waals surface area contributed by atoms with E-state index in [2.05, 4.69) is 10.3 Å². The average molecular weight is 474 g/mol. The summed E-state index contributed by atoms with van der Waals surface area (Å²) < 4.78 is 5.68. The first-order valence-electron chi connectivity index (χ1n) is 12.6. The van der Waals surface area contributed by atoms with E-state index >= 15 is 0 Å². The minimum Gasteiger partial charge on any atom is -0.491 e. The number of aromatic nitrogens is 2. The number of aliphatic hydroxyl groups is 1. The maximum Gasteiger partial charge on any atom is 0.229 e. The molecule has 6 nitrogen and oxygen atoms in total. The zero-order valence-electron chi connectivity index (χ0n) is 20.8. The highest BCUT2D eigenvalue weighted by molar-refractivity contribution is 5.92. The lowest BCUT2D eigenvalue weighted by atomic mass is 10.0. The smallest absolute Gasteiger partial charge is 0.229 e. The van der Waals surface area contributed by atoms with Crippen molar-refractivity contribution >= 4 is 11.7 Å². The molecule has 1 heterocycles. The summed E-state index contributed by atoms with van der Waals surface area (Å²) in [7, 11) is 0. The van der Waals surface area contributed by atoms with E-state index in [0.29, 0.717) is 11.7 Å². The van der Waals surface area contributed by atoms with Crippen molar-refractivity contribution in [3.8, 4) is 17.0 Å². The molecule has 0 aliphatic heterocycles. The van der Waals surface area contributed by atoms with Gasteiger partial charge in [-0.05, 0) is 56.4 Å². The zero-order valence-corrected chi connectivity index (χ0v) is 20.8. The summed E-state index contributed by atoms with van der Waals surface area (Å²) in [6, 6.07) is 15.4. The van der Waals surface area contributed by atoms with Gasteiger partial charge in [0.2, 0.25) is 5.91 Å². The van der Waals surface area contributed by atoms with Gasteiger partial charge >= 0.3 is 0 Å². The van der Waals surface area contributed by atoms with E-state index in [-0.39, 0.29) is 18.4 Å². The number of aliphatic hydroxyl groups excluding tert-OH is 1. The number of carbonyl (C=O) groups excluding carboxylic acids is 1. The second kappa shape index (κ2) is 11.5. The Kier molecular flexibility index (Phi) is 8.13. The summed E-state index contributed by atoms with van der Waals surface area (Å²) in [5, 5.41) is 12.8. The minimum absolute atomic E-state index is 0.111. The second-order valence-electron chi connectivity index (χ2n) is 9.74. The number of nitrogens with zero attached hydrogens (tertiary/aromatic N) is 2. The number of rotatable bonds is 9. The lowest BCUT2D eigenvalue weighted by molar-refractivity contribution is -0.115. The van der Waals surface area contributed by atoms with Crippen molar-refractivity contribution in [1.29, 1.82) is 0 Å². The quantitative estimate of drug-likeness (QED) is 0.404. The molecule has 1 aliphatic carbocycles. The van der Waals surface area contributed by atoms with Gasteiger partial charge in [-0.25, -0.2) is 9.97 Å². The first-order valence-corrected chi connectivity index (χ1v) is 12.6. The molecule has 6 heteroatoms. The van der Waals surface area contributed by atoms with Gasteiger partial charge in [-0.2, -0.15) is 0 Å². The lowest BCUT2D eigenvalue weighted by Crippen LogP contribution is -2.18. The molecule has 1 aromatic heterocycles. The summed E-state index contributed by atoms with van der Waals surface area (Å²) in [4.78, 5) is 22.4. The maximum absolute atomic E-state index is 12.9. The predicted octanol–water partition coefficient (Wildman–Crippen LogP) is 5.90. The normalized spacial score (nSPS) is 14.8. The molecule has 3 aromatic rings. The van der Waals surface area contributed by atoms with Crippen molar-refractivity contribution < 1.29 is 14.6 Å². The predicted molar refractivity (Wildman–Crippen MR) is 138 cm³/mol. The van der Waals surface area contributed by atoms with Crippen LogP contribution in [-0.2, 0) is 17.6 Å². The molecule has 1 fully saturated rings. The van der Waals surface area contributed by atoms with Gasteiger partial charge in [-0.15, -0.1) is 0 Å². The first kappa shape index (κ1) is 24.9. The van der Waals surface area contributed by atoms with Crippen LogP contribution in [0.15, 0.2) is 54.7 Å². The summed E-state index contributed by atoms with van der Waals surface area (Å²) >= 11 is 0. The van der Waals surface area contributed by atoms with E-state index in [9.17, 15) is 9.90 Å². The molecule has 0 bridgehead atoms. The number of benzene rings is 2. The number of ether oxygens (including phenoxy) is 1. The van der Waals surface area contributed by atoms with Gasteiger partial charge in [-0.1, -0.05) is 62.1 Å². The molecule has 35 heavy (non-hydrogen) atoms. The summed E-state index contributed by atoms with van der Waals surface area (Å²) in [5.74, 6) is 1.80. The van der Waals surface area contributed by atoms with Gasteiger partial charge in [0.15, 0.2) is 5.82 Å². The lowest BCUT2D eigenvalue weighted by Gasteiger charge is -2.15. The Hall–Kier alpha value is -3.25. The number of nitrogens with one attached hydrogen (secondary N) is 1. The van der Waals surface area contributed by atoms with Gasteiger partial charge in [-0.3, -0.25) is 4.79 Å². The van der Waals surface area contributed by atoms with E-state index in [1.807, 2.05) is 62.4 Å². The van der Waals surface area contributed by atoms with Crippen LogP contribution in [0.1, 0.15) is 69.4 Å². The number of amides is 1. The van der Waals surface area contributed by atoms with Crippen LogP contribution in [0.2, 0.25) is 0 Å². The molecule has 1 atom stereocenters. The van der Waals surface area contributed by atoms with Crippen molar-refractivity contribution in [3.05, 3.63) is 71.5 Å². The molecule has 2 aromatic carbocycles. The third-order valence-electron chi connectivity index (χ3n) is 6.41. The van der Waals surface area contributed by atoms with Crippen molar-refractivity contribution in [2.24, 2.45) is 5.92 Å². The maximum atomic E-state index is 12.9. The van der Waals surface area contributed by atoms with Crippen LogP contribution < -0.4 is 10.1 Å². The van der Waals surface area contributed by atoms with Crippen LogP contribution in [0.3, 0.4) is 0 Å². The molecule has 1 aliphatic rings. The van der Waals surface area contributed by atoms with Crippen LogP contribution >= 0.6 is 0 Å². The van der Waals surface area contributed by atoms with Gasteiger partial charge in [0.25, 0.3) is 0 Å². The Morgan fingerprint density at radius 2 is 1.74 bits per heavy atom. The fourth-order valence-corrected chi connectivity index (χ4v) is 4.55. The fourth-order valence-electron chi connectivity index (χ4n) is 4.55. The molecule has 1 saturated carbocycles. The number of hydrogen-bond acceptors (Lipinski definition) is 5. The summed E-state index contributed by atoms with van der Waals surface area (Å²) in [6.45, 7) is 5.72. The van der Waals surface area contributed by atoms with E-state index in [1.165, 1.54) is 25.7 Å². The van der Waals surface area contributed by atoms with Crippen LogP contribution in [0, 0.1) is 5.92 Å². The Balaban J connectivity index is 1.50. The van der Waals surface area contributed by atoms with Crippen molar-refractivity contribution in [2.75, 3.05) is 5.32 Å². The number of anilines is 1. The van der Waals surface area contributed by atoms with Crippen LogP contribution in [0.25, 0.3) is 11.3 Å². The molecule has 0 saturated heterocycles. The third kappa shape index (κ3) is 6.89.